The van der Waals surface area contributed by atoms with Crippen molar-refractivity contribution in [2.24, 2.45) is 0 Å². The first-order valence-corrected chi connectivity index (χ1v) is 26.2. The summed E-state index contributed by atoms with van der Waals surface area (Å²) in [4.78, 5) is 23.5. The van der Waals surface area contributed by atoms with Gasteiger partial charge in [-0.1, -0.05) is 206 Å². The van der Waals surface area contributed by atoms with Crippen LogP contribution in [0.15, 0.2) is 12.2 Å². The van der Waals surface area contributed by atoms with E-state index in [1.165, 1.54) is 147 Å². The third kappa shape index (κ3) is 29.2. The number of rotatable bonds is 41. The van der Waals surface area contributed by atoms with Gasteiger partial charge in [-0.3, -0.25) is 13.8 Å². The SMILES string of the molecule is CCCCCCCCCCCCCCCCC/C=C/C(O)C(COP(=O)(O)OC1C(O)C(O)C(O)C(O)C1O)NC(=O)CC(O)CCCCCCCCCCCCCCCC. The monoisotopic (exact) mass is 894 g/mol. The maximum absolute atomic E-state index is 13.0. The molecule has 9 N–H and O–H groups in total. The zero-order valence-electron chi connectivity index (χ0n) is 38.3. The van der Waals surface area contributed by atoms with Crippen molar-refractivity contribution in [3.05, 3.63) is 12.2 Å². The number of phosphoric acid groups is 1. The lowest BCUT2D eigenvalue weighted by Crippen LogP contribution is -2.64. The van der Waals surface area contributed by atoms with Crippen molar-refractivity contribution >= 4 is 13.7 Å². The Balaban J connectivity index is 2.52. The highest BCUT2D eigenvalue weighted by Crippen LogP contribution is 2.47. The minimum absolute atomic E-state index is 0.240. The highest BCUT2D eigenvalue weighted by atomic mass is 31.2. The number of aliphatic hydroxyl groups excluding tert-OH is 7. The Morgan fingerprint density at radius 2 is 0.934 bits per heavy atom. The molecule has 0 saturated heterocycles. The third-order valence-corrected chi connectivity index (χ3v) is 13.1. The first-order chi connectivity index (χ1) is 29.3. The van der Waals surface area contributed by atoms with Crippen molar-refractivity contribution in [2.45, 2.75) is 274 Å². The van der Waals surface area contributed by atoms with Gasteiger partial charge in [0.15, 0.2) is 0 Å². The average Bonchev–Trinajstić information content (AvgIpc) is 3.23. The van der Waals surface area contributed by atoms with Crippen molar-refractivity contribution in [1.82, 2.24) is 5.32 Å². The average molecular weight is 894 g/mol. The van der Waals surface area contributed by atoms with Gasteiger partial charge in [-0.15, -0.1) is 0 Å². The summed E-state index contributed by atoms with van der Waals surface area (Å²) < 4.78 is 22.9. The van der Waals surface area contributed by atoms with Gasteiger partial charge in [0.05, 0.1) is 31.3 Å². The van der Waals surface area contributed by atoms with Gasteiger partial charge in [-0.05, 0) is 19.3 Å². The summed E-state index contributed by atoms with van der Waals surface area (Å²) in [5.41, 5.74) is 0. The van der Waals surface area contributed by atoms with Crippen LogP contribution in [0.25, 0.3) is 0 Å². The highest BCUT2D eigenvalue weighted by Gasteiger charge is 2.51. The fraction of sp³-hybridized carbons (Fsp3) is 0.936. The quantitative estimate of drug-likeness (QED) is 0.0160. The first kappa shape index (κ1) is 58.1. The molecule has 362 valence electrons. The van der Waals surface area contributed by atoms with Crippen LogP contribution < -0.4 is 5.32 Å². The van der Waals surface area contributed by atoms with E-state index in [1.807, 2.05) is 0 Å². The molecule has 1 aliphatic rings. The van der Waals surface area contributed by atoms with Crippen LogP contribution >= 0.6 is 7.82 Å². The lowest BCUT2D eigenvalue weighted by Gasteiger charge is -2.41. The number of unbranched alkanes of at least 4 members (excludes halogenated alkanes) is 28. The topological polar surface area (TPSA) is 226 Å². The van der Waals surface area contributed by atoms with E-state index in [4.69, 9.17) is 9.05 Å². The van der Waals surface area contributed by atoms with E-state index in [9.17, 15) is 50.0 Å². The molecule has 0 aromatic rings. The van der Waals surface area contributed by atoms with E-state index in [1.54, 1.807) is 6.08 Å². The summed E-state index contributed by atoms with van der Waals surface area (Å²) in [6.45, 7) is 3.76. The maximum Gasteiger partial charge on any atom is 0.472 e. The molecule has 61 heavy (non-hydrogen) atoms. The normalized spacial score (nSPS) is 23.2. The van der Waals surface area contributed by atoms with Crippen molar-refractivity contribution in [3.8, 4) is 0 Å². The van der Waals surface area contributed by atoms with Gasteiger partial charge in [-0.2, -0.15) is 0 Å². The lowest BCUT2D eigenvalue weighted by molar-refractivity contribution is -0.220. The molecule has 1 rings (SSSR count). The van der Waals surface area contributed by atoms with Gasteiger partial charge in [0.25, 0.3) is 0 Å². The molecule has 0 spiro atoms. The van der Waals surface area contributed by atoms with Gasteiger partial charge < -0.3 is 46.0 Å². The third-order valence-electron chi connectivity index (χ3n) is 12.1. The molecular weight excluding hydrogens is 801 g/mol. The summed E-state index contributed by atoms with van der Waals surface area (Å²) in [7, 11) is -5.14. The number of phosphoric ester groups is 1. The molecule has 0 aromatic heterocycles. The number of hydrogen-bond donors (Lipinski definition) is 9. The molecule has 13 nitrogen and oxygen atoms in total. The van der Waals surface area contributed by atoms with E-state index in [0.29, 0.717) is 12.8 Å². The largest absolute Gasteiger partial charge is 0.472 e. The number of allylic oxidation sites excluding steroid dienone is 1. The van der Waals surface area contributed by atoms with Crippen molar-refractivity contribution < 1.29 is 59.0 Å². The minimum atomic E-state index is -5.14. The maximum atomic E-state index is 13.0. The second kappa shape index (κ2) is 37.3. The molecule has 1 fully saturated rings. The molecule has 0 aliphatic heterocycles. The number of carbonyl (C=O) groups excluding carboxylic acids is 1. The molecule has 8 unspecified atom stereocenters. The molecule has 1 aliphatic carbocycles. The van der Waals surface area contributed by atoms with Crippen molar-refractivity contribution in [1.29, 1.82) is 0 Å². The van der Waals surface area contributed by atoms with Gasteiger partial charge in [0, 0.05) is 0 Å². The van der Waals surface area contributed by atoms with E-state index in [0.717, 1.165) is 44.9 Å². The van der Waals surface area contributed by atoms with Crippen LogP contribution in [0.4, 0.5) is 0 Å². The Morgan fingerprint density at radius 3 is 1.34 bits per heavy atom. The van der Waals surface area contributed by atoms with E-state index >= 15 is 0 Å². The molecule has 1 amide bonds. The number of aliphatic hydroxyl groups is 7. The van der Waals surface area contributed by atoms with E-state index < -0.39 is 75.2 Å². The van der Waals surface area contributed by atoms with Crippen LogP contribution in [0.2, 0.25) is 0 Å². The number of amides is 1. The summed E-state index contributed by atoms with van der Waals surface area (Å²) in [5.74, 6) is -0.589. The van der Waals surface area contributed by atoms with Crippen molar-refractivity contribution in [3.63, 3.8) is 0 Å². The van der Waals surface area contributed by atoms with Crippen LogP contribution in [0, 0.1) is 0 Å². The first-order valence-electron chi connectivity index (χ1n) is 24.7. The smallest absolute Gasteiger partial charge is 0.393 e. The summed E-state index contributed by atoms with van der Waals surface area (Å²) in [5, 5.41) is 74.5. The Morgan fingerprint density at radius 1 is 0.574 bits per heavy atom. The zero-order valence-corrected chi connectivity index (χ0v) is 39.2. The Labute approximate surface area is 370 Å². The number of nitrogens with one attached hydrogen (secondary N) is 1. The van der Waals surface area contributed by atoms with Crippen LogP contribution in [0.3, 0.4) is 0 Å². The molecule has 0 heterocycles. The lowest BCUT2D eigenvalue weighted by atomic mass is 9.85. The van der Waals surface area contributed by atoms with Crippen LogP contribution in [-0.4, -0.2) is 108 Å². The zero-order chi connectivity index (χ0) is 45.1. The second-order valence-corrected chi connectivity index (χ2v) is 19.3. The Kier molecular flexibility index (Phi) is 35.5. The number of carbonyl (C=O) groups is 1. The standard InChI is InChI=1S/C47H92NO12P/c1-3-5-7-9-11-13-15-17-19-20-21-23-25-27-29-31-33-35-40(50)39(37-59-61(57,58)60-47-45(55)43(53)42(52)44(54)46(47)56)48-41(51)36-38(49)34-32-30-28-26-24-22-18-16-14-12-10-8-6-4-2/h33,35,38-40,42-47,49-50,52-56H,3-32,34,36-37H2,1-2H3,(H,48,51)(H,57,58)/b35-33+. The summed E-state index contributed by atoms with van der Waals surface area (Å²) in [6.07, 6.45) is 25.8. The summed E-state index contributed by atoms with van der Waals surface area (Å²) in [6, 6.07) is -1.23. The molecular formula is C47H92NO12P. The highest BCUT2D eigenvalue weighted by molar-refractivity contribution is 7.47. The van der Waals surface area contributed by atoms with Crippen LogP contribution in [0.5, 0.6) is 0 Å². The Hall–Kier alpha value is -0.960. The van der Waals surface area contributed by atoms with Gasteiger partial charge in [0.1, 0.15) is 36.6 Å². The molecule has 0 aromatic carbocycles. The van der Waals surface area contributed by atoms with Crippen LogP contribution in [0.1, 0.15) is 219 Å². The molecule has 14 heteroatoms. The Bertz CT molecular complexity index is 1100. The predicted molar refractivity (Wildman–Crippen MR) is 243 cm³/mol. The van der Waals surface area contributed by atoms with Gasteiger partial charge in [-0.25, -0.2) is 4.57 Å². The molecule has 0 radical (unpaired) electrons. The van der Waals surface area contributed by atoms with Crippen molar-refractivity contribution in [2.75, 3.05) is 6.61 Å². The van der Waals surface area contributed by atoms with Crippen LogP contribution in [-0.2, 0) is 18.4 Å². The summed E-state index contributed by atoms with van der Waals surface area (Å²) >= 11 is 0. The molecule has 0 bridgehead atoms. The fourth-order valence-electron chi connectivity index (χ4n) is 8.07. The number of hydrogen-bond acceptors (Lipinski definition) is 11. The second-order valence-electron chi connectivity index (χ2n) is 17.9. The molecule has 8 atom stereocenters. The predicted octanol–water partition coefficient (Wildman–Crippen LogP) is 8.59. The molecule has 1 saturated carbocycles. The van der Waals surface area contributed by atoms with E-state index in [2.05, 4.69) is 19.2 Å². The van der Waals surface area contributed by atoms with Gasteiger partial charge >= 0.3 is 7.82 Å². The van der Waals surface area contributed by atoms with Gasteiger partial charge in [0.2, 0.25) is 5.91 Å². The van der Waals surface area contributed by atoms with E-state index in [-0.39, 0.29) is 6.42 Å². The fourth-order valence-corrected chi connectivity index (χ4v) is 9.03. The minimum Gasteiger partial charge on any atom is -0.393 e.